The van der Waals surface area contributed by atoms with Crippen molar-refractivity contribution in [3.8, 4) is 11.4 Å². The quantitative estimate of drug-likeness (QED) is 0.678. The van der Waals surface area contributed by atoms with Crippen molar-refractivity contribution in [2.45, 2.75) is 0 Å². The van der Waals surface area contributed by atoms with Gasteiger partial charge in [-0.05, 0) is 24.3 Å². The van der Waals surface area contributed by atoms with Gasteiger partial charge in [0.2, 0.25) is 0 Å². The van der Waals surface area contributed by atoms with Crippen LogP contribution in [0.4, 0.5) is 5.69 Å². The predicted molar refractivity (Wildman–Crippen MR) is 69.8 cm³/mol. The van der Waals surface area contributed by atoms with E-state index in [0.717, 1.165) is 0 Å². The van der Waals surface area contributed by atoms with E-state index in [2.05, 4.69) is 10.1 Å². The van der Waals surface area contributed by atoms with E-state index in [1.54, 1.807) is 24.4 Å². The van der Waals surface area contributed by atoms with Gasteiger partial charge in [0.25, 0.3) is 0 Å². The van der Waals surface area contributed by atoms with Gasteiger partial charge >= 0.3 is 5.97 Å². The highest BCUT2D eigenvalue weighted by atomic mass is 16.4. The molecule has 0 amide bonds. The minimum atomic E-state index is -1.04. The number of nitrogen functional groups attached to an aromatic ring is 1. The third-order valence-electron chi connectivity index (χ3n) is 2.79. The normalized spacial score (nSPS) is 10.7. The average molecular weight is 254 g/mol. The van der Waals surface area contributed by atoms with E-state index >= 15 is 0 Å². The van der Waals surface area contributed by atoms with Crippen LogP contribution in [0.1, 0.15) is 10.4 Å². The Morgan fingerprint density at radius 1 is 1.21 bits per heavy atom. The predicted octanol–water partition coefficient (Wildman–Crippen LogP) is 1.68. The maximum atomic E-state index is 11.1. The first-order valence-electron chi connectivity index (χ1n) is 5.60. The lowest BCUT2D eigenvalue weighted by atomic mass is 10.2. The topological polar surface area (TPSA) is 93.5 Å². The van der Waals surface area contributed by atoms with Crippen LogP contribution in [0.3, 0.4) is 0 Å². The summed E-state index contributed by atoms with van der Waals surface area (Å²) in [6.07, 6.45) is 1.65. The molecule has 19 heavy (non-hydrogen) atoms. The summed E-state index contributed by atoms with van der Waals surface area (Å²) >= 11 is 0. The molecule has 0 aliphatic carbocycles. The number of carbonyl (C=O) groups is 1. The zero-order chi connectivity index (χ0) is 13.4. The van der Waals surface area contributed by atoms with E-state index in [0.29, 0.717) is 22.7 Å². The lowest BCUT2D eigenvalue weighted by molar-refractivity contribution is 0.0698. The molecule has 0 saturated carbocycles. The van der Waals surface area contributed by atoms with Crippen LogP contribution >= 0.6 is 0 Å². The van der Waals surface area contributed by atoms with Gasteiger partial charge in [0.05, 0.1) is 0 Å². The summed E-state index contributed by atoms with van der Waals surface area (Å²) in [6, 6.07) is 10.3. The number of hydrogen-bond acceptors (Lipinski definition) is 4. The Hall–Kier alpha value is -2.89. The number of hydrogen-bond donors (Lipinski definition) is 2. The van der Waals surface area contributed by atoms with Crippen molar-refractivity contribution in [2.24, 2.45) is 0 Å². The molecule has 0 bridgehead atoms. The number of fused-ring (bicyclic) bond motifs is 1. The van der Waals surface area contributed by atoms with Gasteiger partial charge in [0, 0.05) is 17.4 Å². The van der Waals surface area contributed by atoms with Gasteiger partial charge < -0.3 is 10.8 Å². The molecule has 0 atom stereocenters. The van der Waals surface area contributed by atoms with Gasteiger partial charge in [0.15, 0.2) is 11.5 Å². The van der Waals surface area contributed by atoms with Gasteiger partial charge in [-0.1, -0.05) is 12.1 Å². The van der Waals surface area contributed by atoms with Crippen LogP contribution in [-0.4, -0.2) is 25.7 Å². The summed E-state index contributed by atoms with van der Waals surface area (Å²) in [4.78, 5) is 15.4. The first kappa shape index (κ1) is 11.2. The van der Waals surface area contributed by atoms with Crippen LogP contribution in [0.15, 0.2) is 42.6 Å². The van der Waals surface area contributed by atoms with Gasteiger partial charge in [-0.15, -0.1) is 5.10 Å². The van der Waals surface area contributed by atoms with E-state index in [-0.39, 0.29) is 5.56 Å². The van der Waals surface area contributed by atoms with Gasteiger partial charge in [-0.25, -0.2) is 14.3 Å². The molecule has 1 aromatic carbocycles. The summed E-state index contributed by atoms with van der Waals surface area (Å²) in [5.41, 5.74) is 7.51. The van der Waals surface area contributed by atoms with Crippen molar-refractivity contribution >= 4 is 17.3 Å². The zero-order valence-corrected chi connectivity index (χ0v) is 9.82. The third kappa shape index (κ3) is 1.79. The number of pyridine rings is 1. The maximum Gasteiger partial charge on any atom is 0.339 e. The molecule has 6 heteroatoms. The lowest BCUT2D eigenvalue weighted by Gasteiger charge is -1.98. The second-order valence-corrected chi connectivity index (χ2v) is 4.02. The Kier molecular flexibility index (Phi) is 2.42. The van der Waals surface area contributed by atoms with Crippen LogP contribution < -0.4 is 5.73 Å². The summed E-state index contributed by atoms with van der Waals surface area (Å²) in [7, 11) is 0. The minimum Gasteiger partial charge on any atom is -0.478 e. The highest BCUT2D eigenvalue weighted by Crippen LogP contribution is 2.23. The Labute approximate surface area is 108 Å². The molecule has 3 N–H and O–H groups in total. The molecule has 2 aromatic heterocycles. The molecule has 0 radical (unpaired) electrons. The smallest absolute Gasteiger partial charge is 0.339 e. The van der Waals surface area contributed by atoms with Crippen molar-refractivity contribution in [2.75, 3.05) is 5.73 Å². The number of aromatic carboxylic acids is 1. The molecule has 3 aromatic rings. The lowest BCUT2D eigenvalue weighted by Crippen LogP contribution is -2.00. The number of carboxylic acid groups (broad SMARTS) is 1. The average Bonchev–Trinajstić information content (AvgIpc) is 2.82. The van der Waals surface area contributed by atoms with Crippen molar-refractivity contribution < 1.29 is 9.90 Å². The standard InChI is InChI=1S/C13H10N4O2/c14-10-6-2-1-4-8(10)11-15-12-9(13(18)19)5-3-7-17(12)16-11/h1-7H,14H2,(H,18,19). The van der Waals surface area contributed by atoms with Gasteiger partial charge in [-0.2, -0.15) is 0 Å². The third-order valence-corrected chi connectivity index (χ3v) is 2.79. The number of rotatable bonds is 2. The fourth-order valence-electron chi connectivity index (χ4n) is 1.89. The van der Waals surface area contributed by atoms with Crippen molar-refractivity contribution in [1.29, 1.82) is 0 Å². The molecule has 0 aliphatic rings. The first-order chi connectivity index (χ1) is 9.16. The number of nitrogens with zero attached hydrogens (tertiary/aromatic N) is 3. The van der Waals surface area contributed by atoms with Gasteiger partial charge in [0.1, 0.15) is 5.56 Å². The highest BCUT2D eigenvalue weighted by molar-refractivity contribution is 5.94. The van der Waals surface area contributed by atoms with Crippen LogP contribution in [0, 0.1) is 0 Å². The number of benzene rings is 1. The summed E-state index contributed by atoms with van der Waals surface area (Å²) in [5, 5.41) is 13.4. The molecule has 94 valence electrons. The van der Waals surface area contributed by atoms with E-state index in [1.807, 2.05) is 12.1 Å². The Bertz CT molecular complexity index is 779. The van der Waals surface area contributed by atoms with E-state index in [4.69, 9.17) is 10.8 Å². The monoisotopic (exact) mass is 254 g/mol. The molecule has 0 fully saturated rings. The maximum absolute atomic E-state index is 11.1. The Morgan fingerprint density at radius 3 is 2.74 bits per heavy atom. The fourth-order valence-corrected chi connectivity index (χ4v) is 1.89. The van der Waals surface area contributed by atoms with Gasteiger partial charge in [-0.3, -0.25) is 0 Å². The fraction of sp³-hybridized carbons (Fsp3) is 0. The van der Waals surface area contributed by atoms with Crippen LogP contribution in [-0.2, 0) is 0 Å². The van der Waals surface area contributed by atoms with Crippen molar-refractivity contribution in [3.05, 3.63) is 48.2 Å². The van der Waals surface area contributed by atoms with Crippen molar-refractivity contribution in [1.82, 2.24) is 14.6 Å². The number of aromatic nitrogens is 3. The van der Waals surface area contributed by atoms with Crippen LogP contribution in [0.2, 0.25) is 0 Å². The van der Waals surface area contributed by atoms with Crippen LogP contribution in [0.25, 0.3) is 17.0 Å². The zero-order valence-electron chi connectivity index (χ0n) is 9.82. The molecular weight excluding hydrogens is 244 g/mol. The first-order valence-corrected chi connectivity index (χ1v) is 5.60. The van der Waals surface area contributed by atoms with E-state index < -0.39 is 5.97 Å². The second kappa shape index (κ2) is 4.09. The number of anilines is 1. The minimum absolute atomic E-state index is 0.107. The highest BCUT2D eigenvalue weighted by Gasteiger charge is 2.14. The molecule has 6 nitrogen and oxygen atoms in total. The van der Waals surface area contributed by atoms with Crippen LogP contribution in [0.5, 0.6) is 0 Å². The molecule has 0 aliphatic heterocycles. The molecule has 0 saturated heterocycles. The molecule has 0 unspecified atom stereocenters. The summed E-state index contributed by atoms with van der Waals surface area (Å²) in [5.74, 6) is -0.627. The van der Waals surface area contributed by atoms with Crippen molar-refractivity contribution in [3.63, 3.8) is 0 Å². The Balaban J connectivity index is 2.26. The van der Waals surface area contributed by atoms with E-state index in [9.17, 15) is 4.79 Å². The molecule has 0 spiro atoms. The number of nitrogens with two attached hydrogens (primary N) is 1. The largest absolute Gasteiger partial charge is 0.478 e. The molecule has 2 heterocycles. The molecule has 3 rings (SSSR count). The number of para-hydroxylation sites is 1. The van der Waals surface area contributed by atoms with E-state index in [1.165, 1.54) is 10.6 Å². The number of carboxylic acids is 1. The second-order valence-electron chi connectivity index (χ2n) is 4.02. The Morgan fingerprint density at radius 2 is 2.00 bits per heavy atom. The summed E-state index contributed by atoms with van der Waals surface area (Å²) in [6.45, 7) is 0. The summed E-state index contributed by atoms with van der Waals surface area (Å²) < 4.78 is 1.44. The molecular formula is C13H10N4O2. The SMILES string of the molecule is Nc1ccccc1-c1nc2c(C(=O)O)cccn2n1.